The van der Waals surface area contributed by atoms with Crippen molar-refractivity contribution >= 4 is 5.69 Å². The van der Waals surface area contributed by atoms with Crippen molar-refractivity contribution in [1.29, 1.82) is 0 Å². The van der Waals surface area contributed by atoms with Crippen molar-refractivity contribution in [2.24, 2.45) is 5.92 Å². The highest BCUT2D eigenvalue weighted by atomic mass is 16.5. The maximum absolute atomic E-state index is 5.66. The molecule has 1 aromatic rings. The maximum Gasteiger partial charge on any atom is 0.176 e. The molecule has 3 unspecified atom stereocenters. The van der Waals surface area contributed by atoms with E-state index in [2.05, 4.69) is 42.6 Å². The van der Waals surface area contributed by atoms with Crippen LogP contribution in [0, 0.1) is 5.92 Å². The zero-order valence-electron chi connectivity index (χ0n) is 10.9. The molecule has 0 bridgehead atoms. The molecule has 2 aliphatic rings. The fourth-order valence-corrected chi connectivity index (χ4v) is 3.16. The van der Waals surface area contributed by atoms with Gasteiger partial charge in [0.25, 0.3) is 0 Å². The molecule has 0 aromatic heterocycles. The molecule has 0 fully saturated rings. The minimum Gasteiger partial charge on any atom is -0.478 e. The van der Waals surface area contributed by atoms with Gasteiger partial charge in [-0.3, -0.25) is 0 Å². The van der Waals surface area contributed by atoms with Crippen molar-refractivity contribution in [2.75, 3.05) is 5.32 Å². The maximum atomic E-state index is 5.66. The smallest absolute Gasteiger partial charge is 0.176 e. The van der Waals surface area contributed by atoms with Gasteiger partial charge in [0, 0.05) is 11.6 Å². The van der Waals surface area contributed by atoms with Crippen LogP contribution in [0.15, 0.2) is 36.6 Å². The van der Waals surface area contributed by atoms with Crippen molar-refractivity contribution in [1.82, 2.24) is 0 Å². The van der Waals surface area contributed by atoms with Crippen molar-refractivity contribution in [3.8, 4) is 0 Å². The van der Waals surface area contributed by atoms with Gasteiger partial charge in [-0.15, -0.1) is 0 Å². The van der Waals surface area contributed by atoms with Crippen molar-refractivity contribution in [2.45, 2.75) is 44.8 Å². The van der Waals surface area contributed by atoms with E-state index in [4.69, 9.17) is 4.74 Å². The largest absolute Gasteiger partial charge is 0.478 e. The summed E-state index contributed by atoms with van der Waals surface area (Å²) in [7, 11) is 0. The molecule has 0 saturated heterocycles. The van der Waals surface area contributed by atoms with E-state index in [1.54, 1.807) is 0 Å². The van der Waals surface area contributed by atoms with Gasteiger partial charge >= 0.3 is 0 Å². The third kappa shape index (κ3) is 2.00. The van der Waals surface area contributed by atoms with Gasteiger partial charge in [0.2, 0.25) is 0 Å². The van der Waals surface area contributed by atoms with E-state index in [-0.39, 0.29) is 6.23 Å². The van der Waals surface area contributed by atoms with Gasteiger partial charge in [-0.05, 0) is 30.0 Å². The Morgan fingerprint density at radius 2 is 2.11 bits per heavy atom. The Kier molecular flexibility index (Phi) is 3.26. The van der Waals surface area contributed by atoms with Crippen LogP contribution in [0.4, 0.5) is 5.69 Å². The first kappa shape index (κ1) is 11.6. The van der Waals surface area contributed by atoms with Crippen molar-refractivity contribution in [3.05, 3.63) is 42.2 Å². The van der Waals surface area contributed by atoms with Crippen molar-refractivity contribution in [3.63, 3.8) is 0 Å². The van der Waals surface area contributed by atoms with Crippen LogP contribution >= 0.6 is 0 Å². The molecule has 1 aromatic carbocycles. The van der Waals surface area contributed by atoms with E-state index in [0.717, 1.165) is 0 Å². The predicted molar refractivity (Wildman–Crippen MR) is 74.5 cm³/mol. The van der Waals surface area contributed by atoms with Gasteiger partial charge in [-0.1, -0.05) is 44.4 Å². The first-order chi connectivity index (χ1) is 8.90. The molecule has 96 valence electrons. The molecule has 18 heavy (non-hydrogen) atoms. The van der Waals surface area contributed by atoms with Gasteiger partial charge in [-0.25, -0.2) is 0 Å². The Bertz CT molecular complexity index is 440. The van der Waals surface area contributed by atoms with Crippen LogP contribution < -0.4 is 5.32 Å². The molecule has 2 heterocycles. The molecule has 2 nitrogen and oxygen atoms in total. The Labute approximate surface area is 109 Å². The number of ether oxygens (including phenoxy) is 1. The van der Waals surface area contributed by atoms with Crippen LogP contribution in [0.5, 0.6) is 0 Å². The summed E-state index contributed by atoms with van der Waals surface area (Å²) >= 11 is 0. The molecule has 1 N–H and O–H groups in total. The predicted octanol–water partition coefficient (Wildman–Crippen LogP) is 4.26. The molecule has 3 atom stereocenters. The van der Waals surface area contributed by atoms with E-state index < -0.39 is 0 Å². The van der Waals surface area contributed by atoms with Gasteiger partial charge in [0.1, 0.15) is 0 Å². The average molecular weight is 243 g/mol. The van der Waals surface area contributed by atoms with Crippen LogP contribution in [-0.2, 0) is 4.74 Å². The Balaban J connectivity index is 1.85. The highest BCUT2D eigenvalue weighted by molar-refractivity contribution is 5.56. The number of fused-ring (bicyclic) bond motifs is 2. The fourth-order valence-electron chi connectivity index (χ4n) is 3.16. The minimum absolute atomic E-state index is 0.145. The summed E-state index contributed by atoms with van der Waals surface area (Å²) in [5.41, 5.74) is 2.72. The summed E-state index contributed by atoms with van der Waals surface area (Å²) < 4.78 is 5.66. The van der Waals surface area contributed by atoms with Crippen LogP contribution in [0.3, 0.4) is 0 Å². The first-order valence-corrected chi connectivity index (χ1v) is 7.07. The lowest BCUT2D eigenvalue weighted by molar-refractivity contribution is 0.140. The standard InChI is InChI=1S/C16H21NO/c1-2-3-4-7-12-13-8-5-6-9-15(13)17-16-14(12)10-11-18-16/h5-6,8-12,14,16-17H,2-4,7H2,1H3. The Hall–Kier alpha value is -1.44. The number of benzene rings is 1. The number of rotatable bonds is 4. The monoisotopic (exact) mass is 243 g/mol. The second-order valence-corrected chi connectivity index (χ2v) is 5.30. The second kappa shape index (κ2) is 5.05. The molecule has 0 amide bonds. The molecule has 2 heteroatoms. The lowest BCUT2D eigenvalue weighted by Gasteiger charge is -2.35. The summed E-state index contributed by atoms with van der Waals surface area (Å²) in [5, 5.41) is 3.49. The van der Waals surface area contributed by atoms with Gasteiger partial charge in [0.15, 0.2) is 6.23 Å². The molecule has 0 saturated carbocycles. The number of para-hydroxylation sites is 1. The summed E-state index contributed by atoms with van der Waals surface area (Å²) in [6.07, 6.45) is 9.42. The van der Waals surface area contributed by atoms with Gasteiger partial charge in [-0.2, -0.15) is 0 Å². The molecular weight excluding hydrogens is 222 g/mol. The second-order valence-electron chi connectivity index (χ2n) is 5.30. The molecule has 0 spiro atoms. The van der Waals surface area contributed by atoms with E-state index in [9.17, 15) is 0 Å². The van der Waals surface area contributed by atoms with Crippen LogP contribution in [-0.4, -0.2) is 6.23 Å². The first-order valence-electron chi connectivity index (χ1n) is 7.07. The third-order valence-corrected chi connectivity index (χ3v) is 4.12. The van der Waals surface area contributed by atoms with Crippen LogP contribution in [0.1, 0.15) is 44.1 Å². The zero-order valence-corrected chi connectivity index (χ0v) is 10.9. The quantitative estimate of drug-likeness (QED) is 0.798. The molecular formula is C16H21NO. The topological polar surface area (TPSA) is 21.3 Å². The van der Waals surface area contributed by atoms with Crippen LogP contribution in [0.2, 0.25) is 0 Å². The summed E-state index contributed by atoms with van der Waals surface area (Å²) in [6.45, 7) is 2.26. The van der Waals surface area contributed by atoms with Crippen molar-refractivity contribution < 1.29 is 4.74 Å². The van der Waals surface area contributed by atoms with E-state index in [0.29, 0.717) is 11.8 Å². The summed E-state index contributed by atoms with van der Waals surface area (Å²) in [4.78, 5) is 0. The number of unbranched alkanes of at least 4 members (excludes halogenated alkanes) is 2. The highest BCUT2D eigenvalue weighted by Gasteiger charge is 2.37. The summed E-state index contributed by atoms with van der Waals surface area (Å²) in [5.74, 6) is 1.11. The Morgan fingerprint density at radius 3 is 3.00 bits per heavy atom. The average Bonchev–Trinajstić information content (AvgIpc) is 2.86. The summed E-state index contributed by atoms with van der Waals surface area (Å²) in [6, 6.07) is 8.67. The molecule has 2 aliphatic heterocycles. The Morgan fingerprint density at radius 1 is 1.22 bits per heavy atom. The van der Waals surface area contributed by atoms with E-state index >= 15 is 0 Å². The molecule has 0 aliphatic carbocycles. The van der Waals surface area contributed by atoms with E-state index in [1.165, 1.54) is 36.9 Å². The molecule has 0 radical (unpaired) electrons. The van der Waals surface area contributed by atoms with Crippen LogP contribution in [0.25, 0.3) is 0 Å². The number of anilines is 1. The van der Waals surface area contributed by atoms with E-state index in [1.807, 2.05) is 6.26 Å². The third-order valence-electron chi connectivity index (χ3n) is 4.12. The molecule has 3 rings (SSSR count). The van der Waals surface area contributed by atoms with Gasteiger partial charge < -0.3 is 10.1 Å². The number of nitrogens with one attached hydrogen (secondary N) is 1. The lowest BCUT2D eigenvalue weighted by Crippen LogP contribution is -2.35. The normalized spacial score (nSPS) is 28.2. The highest BCUT2D eigenvalue weighted by Crippen LogP contribution is 2.44. The number of hydrogen-bond donors (Lipinski definition) is 1. The lowest BCUT2D eigenvalue weighted by atomic mass is 9.78. The minimum atomic E-state index is 0.145. The fraction of sp³-hybridized carbons (Fsp3) is 0.500. The zero-order chi connectivity index (χ0) is 12.4. The number of hydrogen-bond acceptors (Lipinski definition) is 2. The van der Waals surface area contributed by atoms with Gasteiger partial charge in [0.05, 0.1) is 6.26 Å². The SMILES string of the molecule is CCCCCC1c2ccccc2NC2OC=CC21.